The summed E-state index contributed by atoms with van der Waals surface area (Å²) in [6.07, 6.45) is 0. The van der Waals surface area contributed by atoms with E-state index in [4.69, 9.17) is 10.9 Å². The third-order valence-electron chi connectivity index (χ3n) is 1.37. The van der Waals surface area contributed by atoms with Crippen LogP contribution in [0.3, 0.4) is 0 Å². The SMILES string of the molecule is CC(C)[C@H](CN)NS(N)(=O)=O.Cl. The number of hydrogen-bond donors (Lipinski definition) is 3. The van der Waals surface area contributed by atoms with Gasteiger partial charge in [-0.15, -0.1) is 12.4 Å². The van der Waals surface area contributed by atoms with E-state index in [9.17, 15) is 8.42 Å². The molecular weight excluding hydrogens is 202 g/mol. The lowest BCUT2D eigenvalue weighted by Gasteiger charge is -2.18. The molecule has 0 spiro atoms. The van der Waals surface area contributed by atoms with Crippen LogP contribution in [0.4, 0.5) is 0 Å². The van der Waals surface area contributed by atoms with E-state index >= 15 is 0 Å². The topological polar surface area (TPSA) is 98.2 Å². The Bertz CT molecular complexity index is 205. The van der Waals surface area contributed by atoms with Gasteiger partial charge in [-0.1, -0.05) is 13.8 Å². The van der Waals surface area contributed by atoms with Crippen molar-refractivity contribution in [1.82, 2.24) is 4.72 Å². The normalized spacial score (nSPS) is 14.1. The van der Waals surface area contributed by atoms with Gasteiger partial charge in [0.1, 0.15) is 0 Å². The van der Waals surface area contributed by atoms with Crippen molar-refractivity contribution in [2.45, 2.75) is 19.9 Å². The lowest BCUT2D eigenvalue weighted by molar-refractivity contribution is 0.455. The summed E-state index contributed by atoms with van der Waals surface area (Å²) in [5, 5.41) is 4.76. The number of rotatable bonds is 4. The smallest absolute Gasteiger partial charge is 0.274 e. The zero-order valence-electron chi connectivity index (χ0n) is 7.15. The molecule has 0 aromatic heterocycles. The van der Waals surface area contributed by atoms with E-state index in [0.717, 1.165) is 0 Å². The first-order valence-electron chi connectivity index (χ1n) is 3.37. The van der Waals surface area contributed by atoms with Crippen molar-refractivity contribution >= 4 is 22.6 Å². The van der Waals surface area contributed by atoms with Gasteiger partial charge in [0.2, 0.25) is 0 Å². The average molecular weight is 218 g/mol. The fourth-order valence-electron chi connectivity index (χ4n) is 0.667. The highest BCUT2D eigenvalue weighted by molar-refractivity contribution is 7.87. The molecule has 0 heterocycles. The Morgan fingerprint density at radius 2 is 1.83 bits per heavy atom. The maximum absolute atomic E-state index is 10.5. The van der Waals surface area contributed by atoms with Gasteiger partial charge in [0, 0.05) is 12.6 Å². The molecule has 0 aliphatic rings. The Kier molecular flexibility index (Phi) is 6.97. The van der Waals surface area contributed by atoms with Crippen molar-refractivity contribution in [2.75, 3.05) is 6.54 Å². The molecule has 12 heavy (non-hydrogen) atoms. The highest BCUT2D eigenvalue weighted by atomic mass is 35.5. The van der Waals surface area contributed by atoms with Crippen LogP contribution in [0.2, 0.25) is 0 Å². The van der Waals surface area contributed by atoms with Gasteiger partial charge >= 0.3 is 0 Å². The number of nitrogens with two attached hydrogens (primary N) is 2. The summed E-state index contributed by atoms with van der Waals surface area (Å²) in [6, 6.07) is -0.273. The van der Waals surface area contributed by atoms with Gasteiger partial charge in [-0.25, -0.2) is 5.14 Å². The molecule has 5 N–H and O–H groups in total. The van der Waals surface area contributed by atoms with E-state index in [1.807, 2.05) is 13.8 Å². The summed E-state index contributed by atoms with van der Waals surface area (Å²) in [4.78, 5) is 0. The minimum atomic E-state index is -3.61. The fraction of sp³-hybridized carbons (Fsp3) is 1.00. The Balaban J connectivity index is 0. The Labute approximate surface area is 79.5 Å². The van der Waals surface area contributed by atoms with Crippen LogP contribution in [0.15, 0.2) is 0 Å². The predicted octanol–water partition coefficient (Wildman–Crippen LogP) is -0.815. The summed E-state index contributed by atoms with van der Waals surface area (Å²) in [7, 11) is -3.61. The Morgan fingerprint density at radius 1 is 1.42 bits per heavy atom. The highest BCUT2D eigenvalue weighted by Gasteiger charge is 2.15. The van der Waals surface area contributed by atoms with Crippen molar-refractivity contribution in [3.05, 3.63) is 0 Å². The van der Waals surface area contributed by atoms with E-state index in [0.29, 0.717) is 0 Å². The molecule has 5 nitrogen and oxygen atoms in total. The molecule has 0 saturated carbocycles. The van der Waals surface area contributed by atoms with Crippen LogP contribution in [0.1, 0.15) is 13.8 Å². The van der Waals surface area contributed by atoms with Gasteiger partial charge in [-0.3, -0.25) is 0 Å². The predicted molar refractivity (Wildman–Crippen MR) is 51.2 cm³/mol. The Morgan fingerprint density at radius 3 is 1.92 bits per heavy atom. The van der Waals surface area contributed by atoms with Crippen LogP contribution < -0.4 is 15.6 Å². The molecular formula is C5H16ClN3O2S. The summed E-state index contributed by atoms with van der Waals surface area (Å²) in [5.74, 6) is 0.151. The summed E-state index contributed by atoms with van der Waals surface area (Å²) < 4.78 is 23.3. The Hall–Kier alpha value is 0.120. The van der Waals surface area contributed by atoms with E-state index in [1.54, 1.807) is 0 Å². The summed E-state index contributed by atoms with van der Waals surface area (Å²) >= 11 is 0. The third-order valence-corrected chi connectivity index (χ3v) is 2.01. The zero-order chi connectivity index (χ0) is 9.07. The first-order chi connectivity index (χ1) is 4.87. The molecule has 0 radical (unpaired) electrons. The van der Waals surface area contributed by atoms with E-state index in [2.05, 4.69) is 4.72 Å². The monoisotopic (exact) mass is 217 g/mol. The van der Waals surface area contributed by atoms with Gasteiger partial charge in [0.15, 0.2) is 0 Å². The lowest BCUT2D eigenvalue weighted by atomic mass is 10.1. The molecule has 0 aliphatic heterocycles. The second kappa shape index (κ2) is 5.71. The van der Waals surface area contributed by atoms with Gasteiger partial charge in [0.05, 0.1) is 0 Å². The van der Waals surface area contributed by atoms with Crippen LogP contribution in [0.25, 0.3) is 0 Å². The highest BCUT2D eigenvalue weighted by Crippen LogP contribution is 1.99. The van der Waals surface area contributed by atoms with Crippen molar-refractivity contribution in [3.8, 4) is 0 Å². The minimum absolute atomic E-state index is 0. The van der Waals surface area contributed by atoms with Gasteiger partial charge < -0.3 is 5.73 Å². The fourth-order valence-corrected chi connectivity index (χ4v) is 1.46. The average Bonchev–Trinajstić information content (AvgIpc) is 1.80. The molecule has 0 aromatic rings. The van der Waals surface area contributed by atoms with Crippen LogP contribution in [0.5, 0.6) is 0 Å². The van der Waals surface area contributed by atoms with Crippen molar-refractivity contribution in [2.24, 2.45) is 16.8 Å². The van der Waals surface area contributed by atoms with E-state index in [-0.39, 0.29) is 30.9 Å². The molecule has 0 saturated heterocycles. The van der Waals surface area contributed by atoms with Gasteiger partial charge in [0.25, 0.3) is 10.2 Å². The third kappa shape index (κ3) is 6.81. The van der Waals surface area contributed by atoms with Crippen LogP contribution >= 0.6 is 12.4 Å². The zero-order valence-corrected chi connectivity index (χ0v) is 8.78. The molecule has 0 bridgehead atoms. The molecule has 0 unspecified atom stereocenters. The van der Waals surface area contributed by atoms with Crippen molar-refractivity contribution in [3.63, 3.8) is 0 Å². The van der Waals surface area contributed by atoms with Crippen molar-refractivity contribution < 1.29 is 8.42 Å². The molecule has 76 valence electrons. The van der Waals surface area contributed by atoms with Crippen LogP contribution in [0, 0.1) is 5.92 Å². The molecule has 0 aromatic carbocycles. The summed E-state index contributed by atoms with van der Waals surface area (Å²) in [5.41, 5.74) is 5.30. The van der Waals surface area contributed by atoms with Gasteiger partial charge in [-0.2, -0.15) is 13.1 Å². The van der Waals surface area contributed by atoms with E-state index in [1.165, 1.54) is 0 Å². The first kappa shape index (κ1) is 14.6. The molecule has 1 atom stereocenters. The maximum Gasteiger partial charge on any atom is 0.274 e. The molecule has 0 aliphatic carbocycles. The first-order valence-corrected chi connectivity index (χ1v) is 4.91. The second-order valence-corrected chi connectivity index (χ2v) is 4.07. The number of nitrogens with one attached hydrogen (secondary N) is 1. The van der Waals surface area contributed by atoms with Crippen molar-refractivity contribution in [1.29, 1.82) is 0 Å². The maximum atomic E-state index is 10.5. The number of halogens is 1. The molecule has 0 fully saturated rings. The minimum Gasteiger partial charge on any atom is -0.329 e. The lowest BCUT2D eigenvalue weighted by Crippen LogP contribution is -2.46. The standard InChI is InChI=1S/C5H15N3O2S.ClH/c1-4(2)5(3-6)8-11(7,9)10;/h4-5,8H,3,6H2,1-2H3,(H2,7,9,10);1H/t5-;/m0./s1. The molecule has 0 amide bonds. The second-order valence-electron chi connectivity index (χ2n) is 2.75. The summed E-state index contributed by atoms with van der Waals surface area (Å²) in [6.45, 7) is 4.00. The van der Waals surface area contributed by atoms with Crippen LogP contribution in [-0.4, -0.2) is 21.0 Å². The molecule has 0 rings (SSSR count). The number of hydrogen-bond acceptors (Lipinski definition) is 3. The molecule has 7 heteroatoms. The van der Waals surface area contributed by atoms with E-state index < -0.39 is 10.2 Å². The van der Waals surface area contributed by atoms with Crippen LogP contribution in [-0.2, 0) is 10.2 Å². The largest absolute Gasteiger partial charge is 0.329 e. The quantitative estimate of drug-likeness (QED) is 0.574. The van der Waals surface area contributed by atoms with Gasteiger partial charge in [-0.05, 0) is 5.92 Å².